The first-order chi connectivity index (χ1) is 24.0. The predicted octanol–water partition coefficient (Wildman–Crippen LogP) is 11.1. The molecule has 4 atom stereocenters. The molecule has 1 saturated heterocycles. The molecule has 49 heavy (non-hydrogen) atoms. The molecule has 290 valence electrons. The van der Waals surface area contributed by atoms with Gasteiger partial charge in [-0.25, -0.2) is 0 Å². The van der Waals surface area contributed by atoms with Crippen LogP contribution in [0.2, 0.25) is 0 Å². The van der Waals surface area contributed by atoms with Crippen molar-refractivity contribution in [2.75, 3.05) is 13.2 Å². The van der Waals surface area contributed by atoms with Gasteiger partial charge in [-0.05, 0) is 12.8 Å². The molecule has 7 heteroatoms. The lowest BCUT2D eigenvalue weighted by molar-refractivity contribution is -0.170. The topological polar surface area (TPSA) is 102 Å². The molecule has 0 amide bonds. The van der Waals surface area contributed by atoms with Gasteiger partial charge in [-0.2, -0.15) is 0 Å². The zero-order valence-corrected chi connectivity index (χ0v) is 32.3. The maximum absolute atomic E-state index is 12.6. The Kier molecular flexibility index (Phi) is 31.7. The van der Waals surface area contributed by atoms with Crippen molar-refractivity contribution in [2.45, 2.75) is 244 Å². The van der Waals surface area contributed by atoms with E-state index in [9.17, 15) is 19.8 Å². The molecule has 1 heterocycles. The fraction of sp³-hybridized carbons (Fsp3) is 0.952. The average molecular weight is 697 g/mol. The quantitative estimate of drug-likeness (QED) is 0.0496. The second-order valence-corrected chi connectivity index (χ2v) is 15.0. The Bertz CT molecular complexity index is 745. The molecule has 1 aliphatic heterocycles. The van der Waals surface area contributed by atoms with Crippen LogP contribution in [0.1, 0.15) is 219 Å². The Hall–Kier alpha value is -1.18. The smallest absolute Gasteiger partial charge is 0.306 e. The summed E-state index contributed by atoms with van der Waals surface area (Å²) in [4.78, 5) is 25.1. The van der Waals surface area contributed by atoms with Crippen molar-refractivity contribution < 1.29 is 34.0 Å². The van der Waals surface area contributed by atoms with Gasteiger partial charge in [0, 0.05) is 12.8 Å². The molecular formula is C42H80O7. The van der Waals surface area contributed by atoms with Crippen molar-refractivity contribution in [3.05, 3.63) is 0 Å². The van der Waals surface area contributed by atoms with Crippen LogP contribution in [0.3, 0.4) is 0 Å². The second kappa shape index (κ2) is 33.9. The van der Waals surface area contributed by atoms with Gasteiger partial charge in [0.2, 0.25) is 0 Å². The zero-order valence-electron chi connectivity index (χ0n) is 32.3. The van der Waals surface area contributed by atoms with E-state index in [4.69, 9.17) is 14.2 Å². The van der Waals surface area contributed by atoms with Gasteiger partial charge in [0.1, 0.15) is 24.9 Å². The third-order valence-electron chi connectivity index (χ3n) is 10.2. The molecule has 2 N–H and O–H groups in total. The highest BCUT2D eigenvalue weighted by Gasteiger charge is 2.42. The minimum atomic E-state index is -1.18. The number of carbonyl (C=O) groups excluding carboxylic acids is 2. The van der Waals surface area contributed by atoms with Crippen molar-refractivity contribution >= 4 is 11.9 Å². The van der Waals surface area contributed by atoms with E-state index in [1.165, 1.54) is 154 Å². The molecule has 0 aliphatic carbocycles. The number of aliphatic hydroxyl groups excluding tert-OH is 2. The van der Waals surface area contributed by atoms with Crippen molar-refractivity contribution in [3.63, 3.8) is 0 Å². The SMILES string of the molecule is CCCCCCCCCCCCCCCCCC(=O)OCC(OC(=O)CCCCCCCCCCCCCCCCC)[C@H]1OC[C@@H](O)[C@@H]1O. The van der Waals surface area contributed by atoms with Crippen LogP contribution in [0.5, 0.6) is 0 Å². The molecule has 1 aliphatic rings. The fourth-order valence-electron chi connectivity index (χ4n) is 6.91. The average Bonchev–Trinajstić information content (AvgIpc) is 3.43. The molecule has 0 bridgehead atoms. The first kappa shape index (κ1) is 45.8. The van der Waals surface area contributed by atoms with E-state index in [1.54, 1.807) is 0 Å². The highest BCUT2D eigenvalue weighted by molar-refractivity contribution is 5.70. The van der Waals surface area contributed by atoms with Gasteiger partial charge in [-0.1, -0.05) is 194 Å². The van der Waals surface area contributed by atoms with Crippen LogP contribution in [-0.4, -0.2) is 59.8 Å². The van der Waals surface area contributed by atoms with Crippen molar-refractivity contribution in [3.8, 4) is 0 Å². The molecule has 0 saturated carbocycles. The number of unbranched alkanes of at least 4 members (excludes halogenated alkanes) is 28. The molecule has 1 rings (SSSR count). The Morgan fingerprint density at radius 1 is 0.531 bits per heavy atom. The summed E-state index contributed by atoms with van der Waals surface area (Å²) >= 11 is 0. The minimum Gasteiger partial charge on any atom is -0.462 e. The van der Waals surface area contributed by atoms with Gasteiger partial charge >= 0.3 is 11.9 Å². The first-order valence-electron chi connectivity index (χ1n) is 21.3. The van der Waals surface area contributed by atoms with Crippen LogP contribution >= 0.6 is 0 Å². The Balaban J connectivity index is 2.10. The number of hydrogen-bond donors (Lipinski definition) is 2. The van der Waals surface area contributed by atoms with Crippen molar-refractivity contribution in [2.24, 2.45) is 0 Å². The maximum Gasteiger partial charge on any atom is 0.306 e. The number of rotatable bonds is 36. The van der Waals surface area contributed by atoms with Gasteiger partial charge in [0.25, 0.3) is 0 Å². The summed E-state index contributed by atoms with van der Waals surface area (Å²) < 4.78 is 16.6. The van der Waals surface area contributed by atoms with E-state index < -0.39 is 24.4 Å². The molecule has 1 fully saturated rings. The molecule has 0 aromatic carbocycles. The number of esters is 2. The normalized spacial score (nSPS) is 18.2. The third kappa shape index (κ3) is 27.2. The predicted molar refractivity (Wildman–Crippen MR) is 202 cm³/mol. The Labute approximate surface area is 302 Å². The highest BCUT2D eigenvalue weighted by Crippen LogP contribution is 2.22. The maximum atomic E-state index is 12.6. The van der Waals surface area contributed by atoms with Crippen molar-refractivity contribution in [1.29, 1.82) is 0 Å². The van der Waals surface area contributed by atoms with E-state index in [-0.39, 0.29) is 31.6 Å². The summed E-state index contributed by atoms with van der Waals surface area (Å²) in [6.07, 6.45) is 34.5. The van der Waals surface area contributed by atoms with E-state index in [0.717, 1.165) is 38.5 Å². The van der Waals surface area contributed by atoms with E-state index in [1.807, 2.05) is 0 Å². The largest absolute Gasteiger partial charge is 0.462 e. The summed E-state index contributed by atoms with van der Waals surface area (Å²) in [7, 11) is 0. The minimum absolute atomic E-state index is 0.0357. The number of ether oxygens (including phenoxy) is 3. The van der Waals surface area contributed by atoms with Crippen LogP contribution in [-0.2, 0) is 23.8 Å². The third-order valence-corrected chi connectivity index (χ3v) is 10.2. The van der Waals surface area contributed by atoms with Gasteiger partial charge in [-0.15, -0.1) is 0 Å². The van der Waals surface area contributed by atoms with Crippen molar-refractivity contribution in [1.82, 2.24) is 0 Å². The first-order valence-corrected chi connectivity index (χ1v) is 21.3. The molecule has 0 aromatic rings. The summed E-state index contributed by atoms with van der Waals surface area (Å²) in [6, 6.07) is 0. The molecular weight excluding hydrogens is 616 g/mol. The van der Waals surface area contributed by atoms with Gasteiger partial charge in [-0.3, -0.25) is 9.59 Å². The molecule has 0 spiro atoms. The van der Waals surface area contributed by atoms with Crippen LogP contribution in [0.15, 0.2) is 0 Å². The Morgan fingerprint density at radius 2 is 0.857 bits per heavy atom. The molecule has 0 radical (unpaired) electrons. The molecule has 0 aromatic heterocycles. The summed E-state index contributed by atoms with van der Waals surface area (Å²) in [5.41, 5.74) is 0. The van der Waals surface area contributed by atoms with Crippen LogP contribution in [0, 0.1) is 0 Å². The van der Waals surface area contributed by atoms with Crippen LogP contribution in [0.25, 0.3) is 0 Å². The molecule has 1 unspecified atom stereocenters. The fourth-order valence-corrected chi connectivity index (χ4v) is 6.91. The summed E-state index contributed by atoms with van der Waals surface area (Å²) in [5, 5.41) is 20.3. The lowest BCUT2D eigenvalue weighted by atomic mass is 10.0. The summed E-state index contributed by atoms with van der Waals surface area (Å²) in [5.74, 6) is -0.707. The van der Waals surface area contributed by atoms with Gasteiger partial charge < -0.3 is 24.4 Å². The highest BCUT2D eigenvalue weighted by atomic mass is 16.6. The summed E-state index contributed by atoms with van der Waals surface area (Å²) in [6.45, 7) is 4.32. The van der Waals surface area contributed by atoms with Gasteiger partial charge in [0.05, 0.1) is 6.61 Å². The monoisotopic (exact) mass is 697 g/mol. The number of hydrogen-bond acceptors (Lipinski definition) is 7. The second-order valence-electron chi connectivity index (χ2n) is 15.0. The zero-order chi connectivity index (χ0) is 35.6. The van der Waals surface area contributed by atoms with E-state index in [0.29, 0.717) is 6.42 Å². The Morgan fingerprint density at radius 3 is 1.18 bits per heavy atom. The van der Waals surface area contributed by atoms with Gasteiger partial charge in [0.15, 0.2) is 6.10 Å². The lowest BCUT2D eigenvalue weighted by Gasteiger charge is -2.25. The number of aliphatic hydroxyl groups is 2. The standard InChI is InChI=1S/C42H80O7/c1-3-5-7-9-11-13-15-17-19-21-23-25-27-29-31-33-39(44)47-36-38(42-41(46)37(43)35-48-42)49-40(45)34-32-30-28-26-24-22-20-18-16-14-12-10-8-6-4-2/h37-38,41-43,46H,3-36H2,1-2H3/t37-,38?,41+,42-/m1/s1. The number of carbonyl (C=O) groups is 2. The molecule has 7 nitrogen and oxygen atoms in total. The van der Waals surface area contributed by atoms with Crippen LogP contribution in [0.4, 0.5) is 0 Å². The van der Waals surface area contributed by atoms with E-state index >= 15 is 0 Å². The van der Waals surface area contributed by atoms with Crippen LogP contribution < -0.4 is 0 Å². The van der Waals surface area contributed by atoms with E-state index in [2.05, 4.69) is 13.8 Å². The lowest BCUT2D eigenvalue weighted by Crippen LogP contribution is -2.44.